The van der Waals surface area contributed by atoms with Crippen LogP contribution in [0.5, 0.6) is 0 Å². The summed E-state index contributed by atoms with van der Waals surface area (Å²) in [4.78, 5) is 3.68. The first kappa shape index (κ1) is 31.9. The lowest BCUT2D eigenvalue weighted by Gasteiger charge is -2.21. The van der Waals surface area contributed by atoms with Crippen molar-refractivity contribution in [3.63, 3.8) is 0 Å². The maximum Gasteiger partial charge on any atom is 0.433 e. The molecule has 0 atom stereocenters. The molecular formula is C43H21F8N. The van der Waals surface area contributed by atoms with E-state index in [0.717, 1.165) is 46.1 Å². The lowest BCUT2D eigenvalue weighted by molar-refractivity contribution is -0.141. The fraction of sp³-hybridized carbons (Fsp3) is 0.0465. The summed E-state index contributed by atoms with van der Waals surface area (Å²) in [6.45, 7) is 0. The molecule has 9 aromatic rings. The van der Waals surface area contributed by atoms with Crippen LogP contribution in [-0.2, 0) is 12.4 Å². The van der Waals surface area contributed by atoms with Crippen molar-refractivity contribution in [3.8, 4) is 33.4 Å². The monoisotopic (exact) mass is 703 g/mol. The first-order valence-corrected chi connectivity index (χ1v) is 16.1. The minimum atomic E-state index is -4.63. The maximum absolute atomic E-state index is 16.1. The van der Waals surface area contributed by atoms with E-state index in [2.05, 4.69) is 4.98 Å². The Morgan fingerprint density at radius 3 is 1.77 bits per heavy atom. The van der Waals surface area contributed by atoms with E-state index in [0.29, 0.717) is 65.5 Å². The average molecular weight is 704 g/mol. The SMILES string of the molecule is Fc1ccc2c(-c3ccc4c(F)cc5c(-c6ccc(C(F)(F)F)cc6)ccc6ccc3c4c65)c3ccccc3c(-c3ccc(C(F)(F)F)nc3)c2c1. The first-order valence-electron chi connectivity index (χ1n) is 16.1. The molecule has 0 saturated heterocycles. The molecule has 0 aliphatic heterocycles. The molecule has 254 valence electrons. The minimum absolute atomic E-state index is 0.355. The van der Waals surface area contributed by atoms with Crippen molar-refractivity contribution >= 4 is 53.9 Å². The molecule has 0 radical (unpaired) electrons. The molecule has 0 N–H and O–H groups in total. The van der Waals surface area contributed by atoms with E-state index in [9.17, 15) is 26.3 Å². The van der Waals surface area contributed by atoms with Crippen LogP contribution in [0, 0.1) is 11.6 Å². The number of hydrogen-bond acceptors (Lipinski definition) is 1. The first-order chi connectivity index (χ1) is 24.9. The molecule has 0 amide bonds. The second-order valence-electron chi connectivity index (χ2n) is 12.8. The molecule has 8 aromatic carbocycles. The third-order valence-electron chi connectivity index (χ3n) is 9.85. The number of hydrogen-bond donors (Lipinski definition) is 0. The Morgan fingerprint density at radius 1 is 0.442 bits per heavy atom. The lowest BCUT2D eigenvalue weighted by Crippen LogP contribution is -2.07. The van der Waals surface area contributed by atoms with Crippen LogP contribution < -0.4 is 0 Å². The van der Waals surface area contributed by atoms with Gasteiger partial charge in [-0.05, 0) is 107 Å². The number of benzene rings is 8. The number of aromatic nitrogens is 1. The van der Waals surface area contributed by atoms with Crippen LogP contribution in [0.3, 0.4) is 0 Å². The van der Waals surface area contributed by atoms with E-state index >= 15 is 8.78 Å². The summed E-state index contributed by atoms with van der Waals surface area (Å²) in [6, 6.07) is 31.0. The normalized spacial score (nSPS) is 12.6. The molecule has 0 aliphatic rings. The van der Waals surface area contributed by atoms with Crippen LogP contribution in [0.1, 0.15) is 11.3 Å². The van der Waals surface area contributed by atoms with Gasteiger partial charge in [-0.3, -0.25) is 4.98 Å². The Balaban J connectivity index is 1.35. The molecule has 1 aromatic heterocycles. The van der Waals surface area contributed by atoms with Gasteiger partial charge in [-0.25, -0.2) is 8.78 Å². The van der Waals surface area contributed by atoms with Crippen molar-refractivity contribution in [1.82, 2.24) is 4.98 Å². The van der Waals surface area contributed by atoms with Crippen LogP contribution >= 0.6 is 0 Å². The molecule has 9 rings (SSSR count). The van der Waals surface area contributed by atoms with E-state index in [-0.39, 0.29) is 0 Å². The molecule has 0 unspecified atom stereocenters. The number of alkyl halides is 6. The number of rotatable bonds is 3. The zero-order chi connectivity index (χ0) is 36.1. The van der Waals surface area contributed by atoms with Gasteiger partial charge in [0.2, 0.25) is 0 Å². The van der Waals surface area contributed by atoms with E-state index in [1.54, 1.807) is 24.3 Å². The van der Waals surface area contributed by atoms with Gasteiger partial charge in [0.05, 0.1) is 5.56 Å². The number of fused-ring (bicyclic) bond motifs is 2. The van der Waals surface area contributed by atoms with Crippen molar-refractivity contribution in [3.05, 3.63) is 150 Å². The summed E-state index contributed by atoms with van der Waals surface area (Å²) in [5.74, 6) is -1.04. The van der Waals surface area contributed by atoms with Crippen molar-refractivity contribution in [2.45, 2.75) is 12.4 Å². The molecule has 0 fully saturated rings. The second kappa shape index (κ2) is 11.2. The summed E-state index contributed by atoms with van der Waals surface area (Å²) >= 11 is 0. The van der Waals surface area contributed by atoms with Crippen LogP contribution in [-0.4, -0.2) is 4.98 Å². The van der Waals surface area contributed by atoms with E-state index in [4.69, 9.17) is 0 Å². The molecule has 0 spiro atoms. The van der Waals surface area contributed by atoms with Crippen molar-refractivity contribution in [2.75, 3.05) is 0 Å². The van der Waals surface area contributed by atoms with Gasteiger partial charge in [0, 0.05) is 22.5 Å². The number of nitrogens with zero attached hydrogens (tertiary/aromatic N) is 1. The van der Waals surface area contributed by atoms with Crippen molar-refractivity contribution < 1.29 is 35.1 Å². The summed E-state index contributed by atoms with van der Waals surface area (Å²) < 4.78 is 111. The fourth-order valence-corrected chi connectivity index (χ4v) is 7.61. The summed E-state index contributed by atoms with van der Waals surface area (Å²) in [6.07, 6.45) is -8.00. The fourth-order valence-electron chi connectivity index (χ4n) is 7.61. The van der Waals surface area contributed by atoms with Crippen molar-refractivity contribution in [2.24, 2.45) is 0 Å². The lowest BCUT2D eigenvalue weighted by atomic mass is 9.83. The number of pyridine rings is 1. The Bertz CT molecular complexity index is 2870. The molecular weight excluding hydrogens is 682 g/mol. The van der Waals surface area contributed by atoms with Gasteiger partial charge in [0.1, 0.15) is 17.3 Å². The molecule has 0 bridgehead atoms. The molecule has 0 aliphatic carbocycles. The summed E-state index contributed by atoms with van der Waals surface area (Å²) in [7, 11) is 0. The molecule has 9 heteroatoms. The molecule has 0 saturated carbocycles. The summed E-state index contributed by atoms with van der Waals surface area (Å²) in [5.41, 5.74) is 1.56. The largest absolute Gasteiger partial charge is 0.433 e. The van der Waals surface area contributed by atoms with Gasteiger partial charge in [0.15, 0.2) is 0 Å². The predicted molar refractivity (Wildman–Crippen MR) is 189 cm³/mol. The second-order valence-corrected chi connectivity index (χ2v) is 12.8. The van der Waals surface area contributed by atoms with Crippen LogP contribution in [0.4, 0.5) is 35.1 Å². The van der Waals surface area contributed by atoms with Crippen LogP contribution in [0.15, 0.2) is 128 Å². The van der Waals surface area contributed by atoms with E-state index in [1.165, 1.54) is 36.4 Å². The molecule has 1 nitrogen and oxygen atoms in total. The van der Waals surface area contributed by atoms with Crippen LogP contribution in [0.2, 0.25) is 0 Å². The standard InChI is InChI=1S/C43H21F8N/c44-26-12-15-32-34(19-26)38(24-9-18-37(52-21-24)43(49,50)51)28-3-1-2-4-29(28)40(32)30-16-17-33-36(45)20-35-27(22-5-10-25(11-6-22)42(46,47)48)13-7-23-8-14-31(30)41(33)39(23)35/h1-21H. The van der Waals surface area contributed by atoms with E-state index in [1.807, 2.05) is 42.5 Å². The molecule has 1 heterocycles. The highest BCUT2D eigenvalue weighted by molar-refractivity contribution is 6.30. The Morgan fingerprint density at radius 2 is 1.08 bits per heavy atom. The summed E-state index contributed by atoms with van der Waals surface area (Å²) in [5, 5.41) is 6.21. The Labute approximate surface area is 289 Å². The highest BCUT2D eigenvalue weighted by Gasteiger charge is 2.33. The van der Waals surface area contributed by atoms with Gasteiger partial charge < -0.3 is 0 Å². The topological polar surface area (TPSA) is 12.9 Å². The van der Waals surface area contributed by atoms with Gasteiger partial charge in [0.25, 0.3) is 0 Å². The van der Waals surface area contributed by atoms with Gasteiger partial charge in [-0.1, -0.05) is 84.9 Å². The van der Waals surface area contributed by atoms with Crippen molar-refractivity contribution in [1.29, 1.82) is 0 Å². The third kappa shape index (κ3) is 4.87. The third-order valence-corrected chi connectivity index (χ3v) is 9.85. The zero-order valence-electron chi connectivity index (χ0n) is 26.6. The predicted octanol–water partition coefficient (Wildman–Crippen LogP) is 13.6. The average Bonchev–Trinajstić information content (AvgIpc) is 3.12. The molecule has 52 heavy (non-hydrogen) atoms. The van der Waals surface area contributed by atoms with E-state index < -0.39 is 35.2 Å². The van der Waals surface area contributed by atoms with Gasteiger partial charge >= 0.3 is 12.4 Å². The van der Waals surface area contributed by atoms with Gasteiger partial charge in [-0.15, -0.1) is 0 Å². The maximum atomic E-state index is 16.1. The van der Waals surface area contributed by atoms with Crippen LogP contribution in [0.25, 0.3) is 87.2 Å². The quantitative estimate of drug-likeness (QED) is 0.101. The Kier molecular flexibility index (Phi) is 6.87. The van der Waals surface area contributed by atoms with Gasteiger partial charge in [-0.2, -0.15) is 26.3 Å². The smallest absolute Gasteiger partial charge is 0.251 e. The Hall–Kier alpha value is -6.09. The number of halogens is 8. The minimum Gasteiger partial charge on any atom is -0.251 e. The highest BCUT2D eigenvalue weighted by atomic mass is 19.4. The highest BCUT2D eigenvalue weighted by Crippen LogP contribution is 2.49. The zero-order valence-corrected chi connectivity index (χ0v) is 26.6.